The molecule has 0 radical (unpaired) electrons. The van der Waals surface area contributed by atoms with Crippen LogP contribution in [0.2, 0.25) is 0 Å². The summed E-state index contributed by atoms with van der Waals surface area (Å²) in [5.41, 5.74) is 13.0. The average Bonchev–Trinajstić information content (AvgIpc) is 3.65. The van der Waals surface area contributed by atoms with Crippen molar-refractivity contribution in [2.24, 2.45) is 0 Å². The van der Waals surface area contributed by atoms with Gasteiger partial charge in [-0.3, -0.25) is 9.55 Å². The van der Waals surface area contributed by atoms with E-state index in [1.54, 1.807) is 24.4 Å². The molecular weight excluding hydrogens is 926 g/mol. The Morgan fingerprint density at radius 2 is 1.41 bits per heavy atom. The van der Waals surface area contributed by atoms with E-state index in [0.29, 0.717) is 39.4 Å². The van der Waals surface area contributed by atoms with Crippen LogP contribution in [0.5, 0.6) is 5.75 Å². The second kappa shape index (κ2) is 17.1. The summed E-state index contributed by atoms with van der Waals surface area (Å²) in [6.07, 6.45) is 1.74. The first kappa shape index (κ1) is 35.1. The summed E-state index contributed by atoms with van der Waals surface area (Å²) < 4.78 is 61.1. The Hall–Kier alpha value is -5.57. The number of aromatic hydroxyl groups is 1. The molecule has 2 aromatic heterocycles. The van der Waals surface area contributed by atoms with Gasteiger partial charge in [0.25, 0.3) is 0 Å². The van der Waals surface area contributed by atoms with Crippen LogP contribution in [-0.4, -0.2) is 19.6 Å². The number of hydrogen-bond acceptors (Lipinski definition) is 3. The topological polar surface area (TPSA) is 50.9 Å². The van der Waals surface area contributed by atoms with E-state index in [9.17, 15) is 5.11 Å². The van der Waals surface area contributed by atoms with E-state index in [2.05, 4.69) is 65.0 Å². The van der Waals surface area contributed by atoms with E-state index in [0.717, 1.165) is 61.2 Å². The summed E-state index contributed by atoms with van der Waals surface area (Å²) in [7, 11) is 0. The van der Waals surface area contributed by atoms with E-state index in [-0.39, 0.29) is 49.3 Å². The Balaban J connectivity index is 0.00000684. The van der Waals surface area contributed by atoms with Gasteiger partial charge in [0.05, 0.1) is 22.3 Å². The molecule has 0 aliphatic carbocycles. The summed E-state index contributed by atoms with van der Waals surface area (Å²) in [5.74, 6) is -0.244. The predicted octanol–water partition coefficient (Wildman–Crippen LogP) is 15.0. The van der Waals surface area contributed by atoms with Crippen LogP contribution < -0.4 is 0 Å². The monoisotopic (exact) mass is 988 g/mol. The second-order valence-electron chi connectivity index (χ2n) is 17.6. The van der Waals surface area contributed by atoms with Crippen LogP contribution in [-0.2, 0) is 26.5 Å². The number of aryl methyl sites for hydroxylation is 4. The molecule has 0 bridgehead atoms. The predicted molar refractivity (Wildman–Crippen MR) is 252 cm³/mol. The molecule has 0 fully saturated rings. The molecule has 4 nitrogen and oxygen atoms in total. The summed E-state index contributed by atoms with van der Waals surface area (Å²) in [6.45, 7) is 13.4. The zero-order chi connectivity index (χ0) is 48.5. The van der Waals surface area contributed by atoms with Crippen molar-refractivity contribution < 1.29 is 35.8 Å². The number of aromatic nitrogens is 3. The number of hydrogen-bond donors (Lipinski definition) is 1. The van der Waals surface area contributed by atoms with Crippen molar-refractivity contribution in [1.82, 2.24) is 14.5 Å². The van der Waals surface area contributed by atoms with Crippen molar-refractivity contribution in [2.75, 3.05) is 0 Å². The van der Waals surface area contributed by atoms with E-state index in [1.807, 2.05) is 105 Å². The SMILES string of the molecule is [2H]C([2H])([2H])c1ccc(-c2ccnc(-c3[c-]c(-c4cccc5c4nc(-c4cc(C)cc(C)c4O)n5-c4ccc(-c5cc(C(C)C)cc(C([2H])(C)C)c5)cc4C([2H])([2H])[2H])cc(C(C)(C)C)c3)c2)cc1.[Pt]. The van der Waals surface area contributed by atoms with Gasteiger partial charge in [-0.05, 0) is 125 Å². The molecule has 8 rings (SSSR count). The molecule has 0 amide bonds. The fourth-order valence-corrected chi connectivity index (χ4v) is 7.93. The number of rotatable bonds is 8. The molecular formula is C56H56N3OPt-. The van der Waals surface area contributed by atoms with Gasteiger partial charge < -0.3 is 5.11 Å². The average molecular weight is 989 g/mol. The van der Waals surface area contributed by atoms with Gasteiger partial charge >= 0.3 is 0 Å². The van der Waals surface area contributed by atoms with Crippen LogP contribution in [0.4, 0.5) is 0 Å². The maximum absolute atomic E-state index is 11.8. The quantitative estimate of drug-likeness (QED) is 0.154. The molecule has 0 atom stereocenters. The molecule has 0 aliphatic rings. The molecule has 5 heteroatoms. The van der Waals surface area contributed by atoms with Gasteiger partial charge in [0.2, 0.25) is 0 Å². The third-order valence-electron chi connectivity index (χ3n) is 11.4. The molecule has 6 aromatic carbocycles. The molecule has 0 saturated carbocycles. The molecule has 8 aromatic rings. The number of phenols is 1. The molecule has 0 aliphatic heterocycles. The van der Waals surface area contributed by atoms with Gasteiger partial charge in [0.1, 0.15) is 11.6 Å². The molecule has 1 N–H and O–H groups in total. The fraction of sp³-hybridized carbons (Fsp3) is 0.250. The zero-order valence-corrected chi connectivity index (χ0v) is 38.5. The fourth-order valence-electron chi connectivity index (χ4n) is 7.93. The number of nitrogens with zero attached hydrogens (tertiary/aromatic N) is 3. The Morgan fingerprint density at radius 3 is 2.11 bits per heavy atom. The molecule has 0 saturated heterocycles. The Bertz CT molecular complexity index is 3190. The number of imidazole rings is 1. The number of para-hydroxylation sites is 1. The van der Waals surface area contributed by atoms with E-state index >= 15 is 0 Å². The Kier molecular flexibility index (Phi) is 9.81. The van der Waals surface area contributed by atoms with Crippen molar-refractivity contribution in [1.29, 1.82) is 0 Å². The first-order chi connectivity index (χ1) is 31.3. The van der Waals surface area contributed by atoms with Gasteiger partial charge in [0.15, 0.2) is 0 Å². The minimum absolute atomic E-state index is 0. The van der Waals surface area contributed by atoms with E-state index in [1.165, 1.54) is 0 Å². The largest absolute Gasteiger partial charge is 0.507 e. The summed E-state index contributed by atoms with van der Waals surface area (Å²) >= 11 is 0. The second-order valence-corrected chi connectivity index (χ2v) is 17.6. The van der Waals surface area contributed by atoms with Crippen LogP contribution in [0.15, 0.2) is 121 Å². The Morgan fingerprint density at radius 1 is 0.689 bits per heavy atom. The molecule has 312 valence electrons. The van der Waals surface area contributed by atoms with Crippen LogP contribution >= 0.6 is 0 Å². The van der Waals surface area contributed by atoms with Gasteiger partial charge in [-0.1, -0.05) is 138 Å². The summed E-state index contributed by atoms with van der Waals surface area (Å²) in [4.78, 5) is 10.1. The minimum Gasteiger partial charge on any atom is -0.507 e. The number of fused-ring (bicyclic) bond motifs is 1. The third kappa shape index (κ3) is 8.66. The maximum Gasteiger partial charge on any atom is 0.148 e. The van der Waals surface area contributed by atoms with Gasteiger partial charge in [0, 0.05) is 42.6 Å². The van der Waals surface area contributed by atoms with Gasteiger partial charge in [-0.15, -0.1) is 29.3 Å². The van der Waals surface area contributed by atoms with Crippen molar-refractivity contribution in [2.45, 2.75) is 93.2 Å². The van der Waals surface area contributed by atoms with Gasteiger partial charge in [-0.2, -0.15) is 0 Å². The molecule has 0 unspecified atom stereocenters. The van der Waals surface area contributed by atoms with Crippen molar-refractivity contribution in [3.8, 4) is 67.5 Å². The van der Waals surface area contributed by atoms with Crippen molar-refractivity contribution in [3.63, 3.8) is 0 Å². The van der Waals surface area contributed by atoms with Crippen LogP contribution in [0.1, 0.15) is 109 Å². The maximum atomic E-state index is 11.8. The standard InChI is InChI=1S/C56H56N3O.Pt/c1-33(2)42-26-43(34(3)4)28-44(27-42)40-19-20-51(37(7)25-40)59-52-14-12-13-48(53(52)58-55(59)49-24-36(6)23-38(8)54(49)60)45-29-46(31-47(30-45)56(9,10)11)50-32-41(21-22-57-50)39-17-15-35(5)16-18-39;/h12-28,30-34,60H,1-11H3;/q-1;/i5D3,7D3,33D;. The van der Waals surface area contributed by atoms with E-state index < -0.39 is 19.6 Å². The molecule has 2 heterocycles. The molecule has 61 heavy (non-hydrogen) atoms. The zero-order valence-electron chi connectivity index (χ0n) is 43.2. The van der Waals surface area contributed by atoms with Crippen LogP contribution in [0, 0.1) is 33.6 Å². The minimum atomic E-state index is -2.56. The first-order valence-corrected chi connectivity index (χ1v) is 20.6. The third-order valence-corrected chi connectivity index (χ3v) is 11.4. The smallest absolute Gasteiger partial charge is 0.148 e. The first-order valence-electron chi connectivity index (χ1n) is 24.1. The van der Waals surface area contributed by atoms with Crippen molar-refractivity contribution in [3.05, 3.63) is 166 Å². The van der Waals surface area contributed by atoms with Gasteiger partial charge in [-0.25, -0.2) is 4.98 Å². The number of benzene rings is 6. The normalized spacial score (nSPS) is 14.0. The van der Waals surface area contributed by atoms with Crippen molar-refractivity contribution >= 4 is 11.0 Å². The number of phenolic OH excluding ortho intramolecular Hbond substituents is 1. The molecule has 0 spiro atoms. The number of pyridine rings is 1. The summed E-state index contributed by atoms with van der Waals surface area (Å²) in [6, 6.07) is 39.9. The Labute approximate surface area is 386 Å². The van der Waals surface area contributed by atoms with E-state index in [4.69, 9.17) is 19.6 Å². The van der Waals surface area contributed by atoms with Crippen LogP contribution in [0.25, 0.3) is 72.7 Å². The van der Waals surface area contributed by atoms with Crippen LogP contribution in [0.3, 0.4) is 0 Å². The summed E-state index contributed by atoms with van der Waals surface area (Å²) in [5, 5.41) is 11.8.